The second-order valence-electron chi connectivity index (χ2n) is 4.91. The minimum absolute atomic E-state index is 0.276. The van der Waals surface area contributed by atoms with Crippen molar-refractivity contribution in [2.24, 2.45) is 0 Å². The molecular formula is C17H18Cl3NO2. The Kier molecular flexibility index (Phi) is 6.85. The van der Waals surface area contributed by atoms with Crippen LogP contribution in [0.15, 0.2) is 30.3 Å². The predicted octanol–water partition coefficient (Wildman–Crippen LogP) is 5.34. The van der Waals surface area contributed by atoms with Crippen LogP contribution in [0.3, 0.4) is 0 Å². The lowest BCUT2D eigenvalue weighted by Gasteiger charge is -2.15. The van der Waals surface area contributed by atoms with Crippen LogP contribution < -0.4 is 14.8 Å². The standard InChI is InChI=1S/C17H18Cl3NO2/c1-3-21-9-11-6-15(20)17(16(7-11)22-2)23-10-12-4-5-13(18)8-14(12)19/h4-8,21H,3,9-10H2,1-2H3. The van der Waals surface area contributed by atoms with Crippen molar-refractivity contribution in [1.29, 1.82) is 0 Å². The average molecular weight is 375 g/mol. The fourth-order valence-electron chi connectivity index (χ4n) is 2.07. The number of halogens is 3. The van der Waals surface area contributed by atoms with Crippen molar-refractivity contribution in [2.45, 2.75) is 20.1 Å². The minimum Gasteiger partial charge on any atom is -0.493 e. The molecule has 0 fully saturated rings. The summed E-state index contributed by atoms with van der Waals surface area (Å²) < 4.78 is 11.2. The number of ether oxygens (including phenoxy) is 2. The summed E-state index contributed by atoms with van der Waals surface area (Å²) >= 11 is 18.4. The van der Waals surface area contributed by atoms with Gasteiger partial charge in [-0.1, -0.05) is 47.8 Å². The molecule has 0 unspecified atom stereocenters. The summed E-state index contributed by atoms with van der Waals surface area (Å²) in [7, 11) is 1.59. The Labute approximate surface area is 151 Å². The second kappa shape index (κ2) is 8.65. The van der Waals surface area contributed by atoms with E-state index in [0.29, 0.717) is 26.6 Å². The molecule has 0 atom stereocenters. The maximum atomic E-state index is 6.34. The van der Waals surface area contributed by atoms with Gasteiger partial charge in [0.1, 0.15) is 6.61 Å². The fourth-order valence-corrected chi connectivity index (χ4v) is 2.82. The van der Waals surface area contributed by atoms with E-state index in [1.807, 2.05) is 25.1 Å². The van der Waals surface area contributed by atoms with E-state index in [1.165, 1.54) is 0 Å². The van der Waals surface area contributed by atoms with Crippen molar-refractivity contribution in [3.63, 3.8) is 0 Å². The number of nitrogens with one attached hydrogen (secondary N) is 1. The van der Waals surface area contributed by atoms with E-state index in [2.05, 4.69) is 5.32 Å². The zero-order valence-electron chi connectivity index (χ0n) is 13.0. The molecule has 0 aromatic heterocycles. The van der Waals surface area contributed by atoms with Crippen LogP contribution in [-0.2, 0) is 13.2 Å². The van der Waals surface area contributed by atoms with Gasteiger partial charge in [-0.15, -0.1) is 0 Å². The average Bonchev–Trinajstić information content (AvgIpc) is 2.52. The zero-order chi connectivity index (χ0) is 16.8. The maximum Gasteiger partial charge on any atom is 0.180 e. The molecule has 0 amide bonds. The van der Waals surface area contributed by atoms with Gasteiger partial charge in [-0.05, 0) is 36.4 Å². The molecule has 6 heteroatoms. The molecule has 0 aliphatic rings. The van der Waals surface area contributed by atoms with E-state index in [1.54, 1.807) is 19.2 Å². The van der Waals surface area contributed by atoms with E-state index >= 15 is 0 Å². The third-order valence-electron chi connectivity index (χ3n) is 3.26. The summed E-state index contributed by atoms with van der Waals surface area (Å²) in [5.41, 5.74) is 1.86. The van der Waals surface area contributed by atoms with Crippen LogP contribution in [0.5, 0.6) is 11.5 Å². The molecule has 0 saturated carbocycles. The Morgan fingerprint density at radius 1 is 1.04 bits per heavy atom. The summed E-state index contributed by atoms with van der Waals surface area (Å²) in [4.78, 5) is 0. The molecule has 2 aromatic rings. The molecular weight excluding hydrogens is 357 g/mol. The van der Waals surface area contributed by atoms with Gasteiger partial charge in [0.25, 0.3) is 0 Å². The van der Waals surface area contributed by atoms with E-state index in [-0.39, 0.29) is 6.61 Å². The van der Waals surface area contributed by atoms with Crippen molar-refractivity contribution in [1.82, 2.24) is 5.32 Å². The van der Waals surface area contributed by atoms with Gasteiger partial charge >= 0.3 is 0 Å². The smallest absolute Gasteiger partial charge is 0.180 e. The summed E-state index contributed by atoms with van der Waals surface area (Å²) in [5.74, 6) is 1.09. The molecule has 2 aromatic carbocycles. The maximum absolute atomic E-state index is 6.34. The first-order valence-corrected chi connectivity index (χ1v) is 8.32. The molecule has 3 nitrogen and oxygen atoms in total. The highest BCUT2D eigenvalue weighted by Gasteiger charge is 2.13. The van der Waals surface area contributed by atoms with Crippen LogP contribution >= 0.6 is 34.8 Å². The molecule has 0 bridgehead atoms. The van der Waals surface area contributed by atoms with Gasteiger partial charge in [-0.2, -0.15) is 0 Å². The lowest BCUT2D eigenvalue weighted by Crippen LogP contribution is -2.12. The third-order valence-corrected chi connectivity index (χ3v) is 4.12. The molecule has 0 heterocycles. The molecule has 1 N–H and O–H groups in total. The highest BCUT2D eigenvalue weighted by molar-refractivity contribution is 6.35. The number of rotatable bonds is 7. The van der Waals surface area contributed by atoms with Gasteiger partial charge in [-0.3, -0.25) is 0 Å². The molecule has 0 radical (unpaired) electrons. The van der Waals surface area contributed by atoms with Gasteiger partial charge in [0.05, 0.1) is 12.1 Å². The van der Waals surface area contributed by atoms with Crippen molar-refractivity contribution in [3.05, 3.63) is 56.5 Å². The van der Waals surface area contributed by atoms with Gasteiger partial charge in [0, 0.05) is 22.2 Å². The summed E-state index contributed by atoms with van der Waals surface area (Å²) in [6.45, 7) is 3.92. The summed E-state index contributed by atoms with van der Waals surface area (Å²) in [5, 5.41) is 4.89. The van der Waals surface area contributed by atoms with Crippen molar-refractivity contribution >= 4 is 34.8 Å². The Bertz CT molecular complexity index is 677. The second-order valence-corrected chi connectivity index (χ2v) is 6.16. The molecule has 0 aliphatic carbocycles. The van der Waals surface area contributed by atoms with Gasteiger partial charge < -0.3 is 14.8 Å². The number of benzene rings is 2. The molecule has 0 spiro atoms. The highest BCUT2D eigenvalue weighted by atomic mass is 35.5. The first-order chi connectivity index (χ1) is 11.0. The van der Waals surface area contributed by atoms with E-state index in [9.17, 15) is 0 Å². The first-order valence-electron chi connectivity index (χ1n) is 7.19. The van der Waals surface area contributed by atoms with Crippen molar-refractivity contribution in [3.8, 4) is 11.5 Å². The SMILES string of the molecule is CCNCc1cc(Cl)c(OCc2ccc(Cl)cc2Cl)c(OC)c1. The molecule has 23 heavy (non-hydrogen) atoms. The normalized spacial score (nSPS) is 10.7. The van der Waals surface area contributed by atoms with Gasteiger partial charge in [0.2, 0.25) is 0 Å². The van der Waals surface area contributed by atoms with Crippen LogP contribution in [0, 0.1) is 0 Å². The molecule has 0 saturated heterocycles. The topological polar surface area (TPSA) is 30.5 Å². The summed E-state index contributed by atoms with van der Waals surface area (Å²) in [6.07, 6.45) is 0. The lowest BCUT2D eigenvalue weighted by molar-refractivity contribution is 0.284. The highest BCUT2D eigenvalue weighted by Crippen LogP contribution is 2.37. The Morgan fingerprint density at radius 2 is 1.83 bits per heavy atom. The lowest BCUT2D eigenvalue weighted by atomic mass is 10.2. The fraction of sp³-hybridized carbons (Fsp3) is 0.294. The van der Waals surface area contributed by atoms with Crippen LogP contribution in [0.25, 0.3) is 0 Å². The zero-order valence-corrected chi connectivity index (χ0v) is 15.2. The predicted molar refractivity (Wildman–Crippen MR) is 96.2 cm³/mol. The van der Waals surface area contributed by atoms with Gasteiger partial charge in [-0.25, -0.2) is 0 Å². The van der Waals surface area contributed by atoms with Crippen molar-refractivity contribution in [2.75, 3.05) is 13.7 Å². The molecule has 2 rings (SSSR count). The number of methoxy groups -OCH3 is 1. The van der Waals surface area contributed by atoms with Crippen LogP contribution in [0.2, 0.25) is 15.1 Å². The Hall–Kier alpha value is -1.13. The molecule has 0 aliphatic heterocycles. The summed E-state index contributed by atoms with van der Waals surface area (Å²) in [6, 6.07) is 9.05. The largest absolute Gasteiger partial charge is 0.493 e. The van der Waals surface area contributed by atoms with Gasteiger partial charge in [0.15, 0.2) is 11.5 Å². The number of hydrogen-bond acceptors (Lipinski definition) is 3. The third kappa shape index (κ3) is 4.92. The Morgan fingerprint density at radius 3 is 2.48 bits per heavy atom. The van der Waals surface area contributed by atoms with E-state index < -0.39 is 0 Å². The van der Waals surface area contributed by atoms with E-state index in [4.69, 9.17) is 44.3 Å². The van der Waals surface area contributed by atoms with Crippen LogP contribution in [-0.4, -0.2) is 13.7 Å². The first kappa shape index (κ1) is 18.2. The monoisotopic (exact) mass is 373 g/mol. The molecule has 124 valence electrons. The minimum atomic E-state index is 0.276. The Balaban J connectivity index is 2.18. The quantitative estimate of drug-likeness (QED) is 0.709. The van der Waals surface area contributed by atoms with Crippen LogP contribution in [0.4, 0.5) is 0 Å². The number of hydrogen-bond donors (Lipinski definition) is 1. The van der Waals surface area contributed by atoms with Crippen molar-refractivity contribution < 1.29 is 9.47 Å². The van der Waals surface area contributed by atoms with E-state index in [0.717, 1.165) is 24.2 Å². The van der Waals surface area contributed by atoms with Crippen LogP contribution in [0.1, 0.15) is 18.1 Å².